The number of thioether (sulfide) groups is 1. The van der Waals surface area contributed by atoms with E-state index < -0.39 is 0 Å². The molecule has 1 N–H and O–H groups in total. The minimum Gasteiger partial charge on any atom is -0.342 e. The van der Waals surface area contributed by atoms with Gasteiger partial charge in [0.25, 0.3) is 0 Å². The summed E-state index contributed by atoms with van der Waals surface area (Å²) < 4.78 is 1.50. The van der Waals surface area contributed by atoms with Gasteiger partial charge in [-0.2, -0.15) is 5.10 Å². The van der Waals surface area contributed by atoms with Gasteiger partial charge in [-0.05, 0) is 31.5 Å². The Morgan fingerprint density at radius 1 is 1.50 bits per heavy atom. The van der Waals surface area contributed by atoms with E-state index in [1.807, 2.05) is 4.90 Å². The van der Waals surface area contributed by atoms with Gasteiger partial charge in [-0.3, -0.25) is 9.89 Å². The molecule has 0 radical (unpaired) electrons. The average Bonchev–Trinajstić information content (AvgIpc) is 2.73. The van der Waals surface area contributed by atoms with Gasteiger partial charge in [0.15, 0.2) is 8.29 Å². The Labute approximate surface area is 107 Å². The molecule has 1 aliphatic rings. The van der Waals surface area contributed by atoms with E-state index in [-0.39, 0.29) is 5.91 Å². The zero-order valence-corrected chi connectivity index (χ0v) is 11.2. The second-order valence-corrected chi connectivity index (χ2v) is 6.50. The Morgan fingerprint density at radius 2 is 2.25 bits per heavy atom. The first-order chi connectivity index (χ1) is 7.75. The molecule has 0 aliphatic carbocycles. The molecule has 1 saturated heterocycles. The van der Waals surface area contributed by atoms with Crippen molar-refractivity contribution >= 4 is 41.2 Å². The van der Waals surface area contributed by atoms with Crippen LogP contribution in [-0.4, -0.2) is 39.8 Å². The Kier molecular flexibility index (Phi) is 4.37. The van der Waals surface area contributed by atoms with Crippen LogP contribution in [0, 0.1) is 3.95 Å². The van der Waals surface area contributed by atoms with Gasteiger partial charge in [0.2, 0.25) is 5.91 Å². The second-order valence-electron chi connectivity index (χ2n) is 3.61. The lowest BCUT2D eigenvalue weighted by Gasteiger charge is -2.26. The minimum atomic E-state index is 0.214. The molecule has 0 unspecified atom stereocenters. The smallest absolute Gasteiger partial charge is 0.233 e. The van der Waals surface area contributed by atoms with Gasteiger partial charge in [0.05, 0.1) is 5.75 Å². The monoisotopic (exact) mass is 275 g/mol. The number of hydrogen-bond acceptors (Lipinski definition) is 5. The number of H-pyrrole nitrogens is 1. The lowest BCUT2D eigenvalue weighted by Crippen LogP contribution is -2.36. The Balaban J connectivity index is 1.81. The number of aromatic amines is 1. The number of nitrogens with one attached hydrogen (secondary N) is 1. The molecule has 16 heavy (non-hydrogen) atoms. The van der Waals surface area contributed by atoms with Gasteiger partial charge < -0.3 is 4.90 Å². The number of carbonyl (C=O) groups is 1. The van der Waals surface area contributed by atoms with Crippen LogP contribution < -0.4 is 0 Å². The first-order valence-corrected chi connectivity index (χ1v) is 7.43. The standard InChI is InChI=1S/C9H13N3OS3/c13-7(12-4-2-1-3-5-12)6-15-9-11-10-8(14)16-9/h1-6H2,(H,10,14). The Hall–Kier alpha value is -0.400. The molecular weight excluding hydrogens is 262 g/mol. The molecule has 0 atom stereocenters. The van der Waals surface area contributed by atoms with Gasteiger partial charge in [0.1, 0.15) is 0 Å². The Morgan fingerprint density at radius 3 is 2.88 bits per heavy atom. The van der Waals surface area contributed by atoms with Crippen molar-refractivity contribution in [3.63, 3.8) is 0 Å². The summed E-state index contributed by atoms with van der Waals surface area (Å²) in [6.07, 6.45) is 3.52. The fraction of sp³-hybridized carbons (Fsp3) is 0.667. The van der Waals surface area contributed by atoms with Gasteiger partial charge in [0, 0.05) is 13.1 Å². The number of aromatic nitrogens is 2. The summed E-state index contributed by atoms with van der Waals surface area (Å²) >= 11 is 7.81. The minimum absolute atomic E-state index is 0.214. The van der Waals surface area contributed by atoms with E-state index in [4.69, 9.17) is 12.2 Å². The van der Waals surface area contributed by atoms with Crippen molar-refractivity contribution in [1.29, 1.82) is 0 Å². The number of likely N-dealkylation sites (tertiary alicyclic amines) is 1. The van der Waals surface area contributed by atoms with Gasteiger partial charge in [-0.25, -0.2) is 0 Å². The van der Waals surface area contributed by atoms with Gasteiger partial charge in [-0.15, -0.1) is 0 Å². The zero-order valence-electron chi connectivity index (χ0n) is 8.77. The molecule has 0 spiro atoms. The normalized spacial score (nSPS) is 16.4. The molecule has 0 bridgehead atoms. The highest BCUT2D eigenvalue weighted by molar-refractivity contribution is 8.01. The van der Waals surface area contributed by atoms with Crippen molar-refractivity contribution in [2.24, 2.45) is 0 Å². The molecule has 2 heterocycles. The van der Waals surface area contributed by atoms with Crippen LogP contribution in [0.5, 0.6) is 0 Å². The molecule has 1 fully saturated rings. The highest BCUT2D eigenvalue weighted by Crippen LogP contribution is 2.21. The van der Waals surface area contributed by atoms with Crippen LogP contribution in [0.1, 0.15) is 19.3 Å². The summed E-state index contributed by atoms with van der Waals surface area (Å²) in [7, 11) is 0. The highest BCUT2D eigenvalue weighted by atomic mass is 32.2. The van der Waals surface area contributed by atoms with Crippen LogP contribution in [0.3, 0.4) is 0 Å². The van der Waals surface area contributed by atoms with E-state index >= 15 is 0 Å². The third-order valence-corrected chi connectivity index (χ3v) is 4.66. The van der Waals surface area contributed by atoms with Crippen LogP contribution in [0.15, 0.2) is 4.34 Å². The third kappa shape index (κ3) is 3.29. The second kappa shape index (κ2) is 5.79. The van der Waals surface area contributed by atoms with E-state index in [0.29, 0.717) is 9.71 Å². The number of rotatable bonds is 3. The van der Waals surface area contributed by atoms with Crippen molar-refractivity contribution in [1.82, 2.24) is 15.1 Å². The first kappa shape index (κ1) is 12.1. The van der Waals surface area contributed by atoms with E-state index in [1.54, 1.807) is 0 Å². The SMILES string of the molecule is O=C(CSc1n[nH]c(=S)s1)N1CCCCC1. The summed E-state index contributed by atoms with van der Waals surface area (Å²) in [6.45, 7) is 1.82. The summed E-state index contributed by atoms with van der Waals surface area (Å²) in [5.41, 5.74) is 0. The molecule has 1 aliphatic heterocycles. The number of nitrogens with zero attached hydrogens (tertiary/aromatic N) is 2. The predicted octanol–water partition coefficient (Wildman–Crippen LogP) is 2.31. The van der Waals surface area contributed by atoms with Crippen LogP contribution in [0.25, 0.3) is 0 Å². The topological polar surface area (TPSA) is 49.0 Å². The maximum atomic E-state index is 11.8. The first-order valence-electron chi connectivity index (χ1n) is 5.22. The van der Waals surface area contributed by atoms with Crippen LogP contribution in [-0.2, 0) is 4.79 Å². The van der Waals surface area contributed by atoms with E-state index in [9.17, 15) is 4.79 Å². The highest BCUT2D eigenvalue weighted by Gasteiger charge is 2.16. The molecule has 0 aromatic carbocycles. The van der Waals surface area contributed by atoms with Crippen LogP contribution in [0.4, 0.5) is 0 Å². The van der Waals surface area contributed by atoms with Crippen molar-refractivity contribution < 1.29 is 4.79 Å². The largest absolute Gasteiger partial charge is 0.342 e. The van der Waals surface area contributed by atoms with Crippen molar-refractivity contribution in [2.75, 3.05) is 18.8 Å². The summed E-state index contributed by atoms with van der Waals surface area (Å²) in [6, 6.07) is 0. The van der Waals surface area contributed by atoms with E-state index in [0.717, 1.165) is 30.3 Å². The lowest BCUT2D eigenvalue weighted by molar-refractivity contribution is -0.129. The van der Waals surface area contributed by atoms with Crippen molar-refractivity contribution in [3.05, 3.63) is 3.95 Å². The molecule has 1 aromatic heterocycles. The number of piperidine rings is 1. The van der Waals surface area contributed by atoms with Crippen molar-refractivity contribution in [3.8, 4) is 0 Å². The number of amides is 1. The molecule has 88 valence electrons. The fourth-order valence-corrected chi connectivity index (χ4v) is 3.62. The predicted molar refractivity (Wildman–Crippen MR) is 68.5 cm³/mol. The average molecular weight is 275 g/mol. The summed E-state index contributed by atoms with van der Waals surface area (Å²) in [4.78, 5) is 13.8. The van der Waals surface area contributed by atoms with E-state index in [2.05, 4.69) is 10.2 Å². The zero-order chi connectivity index (χ0) is 11.4. The fourth-order valence-electron chi connectivity index (χ4n) is 1.64. The molecule has 2 rings (SSSR count). The number of carbonyl (C=O) groups excluding carboxylic acids is 1. The molecule has 1 aromatic rings. The molecule has 7 heteroatoms. The summed E-state index contributed by atoms with van der Waals surface area (Å²) in [5.74, 6) is 0.682. The molecule has 0 saturated carbocycles. The Bertz CT molecular complexity index is 408. The van der Waals surface area contributed by atoms with Crippen LogP contribution in [0.2, 0.25) is 0 Å². The van der Waals surface area contributed by atoms with Gasteiger partial charge >= 0.3 is 0 Å². The maximum Gasteiger partial charge on any atom is 0.233 e. The third-order valence-electron chi connectivity index (χ3n) is 2.45. The quantitative estimate of drug-likeness (QED) is 0.679. The maximum absolute atomic E-state index is 11.8. The lowest BCUT2D eigenvalue weighted by atomic mass is 10.1. The number of hydrogen-bond donors (Lipinski definition) is 1. The molecular formula is C9H13N3OS3. The van der Waals surface area contributed by atoms with Crippen LogP contribution >= 0.6 is 35.3 Å². The van der Waals surface area contributed by atoms with E-state index in [1.165, 1.54) is 29.5 Å². The summed E-state index contributed by atoms with van der Waals surface area (Å²) in [5, 5.41) is 6.72. The van der Waals surface area contributed by atoms with Crippen molar-refractivity contribution in [2.45, 2.75) is 23.6 Å². The van der Waals surface area contributed by atoms with Gasteiger partial charge in [-0.1, -0.05) is 23.1 Å². The molecule has 4 nitrogen and oxygen atoms in total. The molecule has 1 amide bonds.